The molecule has 0 amide bonds. The maximum atomic E-state index is 12.3. The fourth-order valence-electron chi connectivity index (χ4n) is 1.37. The summed E-state index contributed by atoms with van der Waals surface area (Å²) in [5.74, 6) is -1.38. The smallest absolute Gasteiger partial charge is 0.416 e. The Morgan fingerprint density at radius 2 is 1.82 bits per heavy atom. The molecule has 0 aliphatic heterocycles. The molecule has 0 radical (unpaired) electrons. The first-order valence-electron chi connectivity index (χ1n) is 5.19. The van der Waals surface area contributed by atoms with Gasteiger partial charge in [0.15, 0.2) is 0 Å². The maximum absolute atomic E-state index is 12.3. The van der Waals surface area contributed by atoms with Crippen molar-refractivity contribution in [1.82, 2.24) is 0 Å². The van der Waals surface area contributed by atoms with Crippen molar-refractivity contribution in [1.29, 1.82) is 0 Å². The Labute approximate surface area is 97.1 Å². The Hall–Kier alpha value is -1.52. The highest BCUT2D eigenvalue weighted by atomic mass is 19.4. The van der Waals surface area contributed by atoms with Gasteiger partial charge in [-0.05, 0) is 30.5 Å². The van der Waals surface area contributed by atoms with E-state index >= 15 is 0 Å². The first kappa shape index (κ1) is 13.5. The van der Waals surface area contributed by atoms with Gasteiger partial charge >= 0.3 is 12.1 Å². The Morgan fingerprint density at radius 3 is 2.24 bits per heavy atom. The van der Waals surface area contributed by atoms with Crippen molar-refractivity contribution in [3.63, 3.8) is 0 Å². The third kappa shape index (κ3) is 4.09. The van der Waals surface area contributed by atoms with Gasteiger partial charge in [-0.25, -0.2) is 0 Å². The quantitative estimate of drug-likeness (QED) is 0.884. The highest BCUT2D eigenvalue weighted by Gasteiger charge is 2.29. The van der Waals surface area contributed by atoms with E-state index in [1.165, 1.54) is 12.1 Å². The van der Waals surface area contributed by atoms with E-state index in [0.29, 0.717) is 18.4 Å². The molecule has 2 nitrogen and oxygen atoms in total. The fraction of sp³-hybridized carbons (Fsp3) is 0.417. The van der Waals surface area contributed by atoms with E-state index in [1.54, 1.807) is 6.92 Å². The van der Waals surface area contributed by atoms with Crippen LogP contribution in [0.2, 0.25) is 0 Å². The molecule has 0 aliphatic carbocycles. The number of halogens is 3. The number of hydrogen-bond donors (Lipinski definition) is 1. The molecule has 94 valence electrons. The lowest BCUT2D eigenvalue weighted by Crippen LogP contribution is -2.10. The number of carboxylic acid groups (broad SMARTS) is 1. The zero-order valence-electron chi connectivity index (χ0n) is 9.29. The van der Waals surface area contributed by atoms with Crippen molar-refractivity contribution >= 4 is 5.97 Å². The summed E-state index contributed by atoms with van der Waals surface area (Å²) in [6.45, 7) is 1.58. The molecule has 0 unspecified atom stereocenters. The van der Waals surface area contributed by atoms with Crippen molar-refractivity contribution in [2.24, 2.45) is 5.92 Å². The second-order valence-corrected chi connectivity index (χ2v) is 3.97. The van der Waals surface area contributed by atoms with E-state index in [1.807, 2.05) is 0 Å². The van der Waals surface area contributed by atoms with Crippen LogP contribution in [0.15, 0.2) is 24.3 Å². The van der Waals surface area contributed by atoms with E-state index in [2.05, 4.69) is 0 Å². The van der Waals surface area contributed by atoms with Gasteiger partial charge in [-0.2, -0.15) is 13.2 Å². The summed E-state index contributed by atoms with van der Waals surface area (Å²) < 4.78 is 36.8. The van der Waals surface area contributed by atoms with Crippen LogP contribution in [0.4, 0.5) is 13.2 Å². The minimum absolute atomic E-state index is 0.417. The monoisotopic (exact) mass is 246 g/mol. The molecule has 0 bridgehead atoms. The SMILES string of the molecule is C[C@H](CCc1ccc(C(F)(F)F)cc1)C(=O)O. The largest absolute Gasteiger partial charge is 0.481 e. The van der Waals surface area contributed by atoms with Crippen LogP contribution in [0.5, 0.6) is 0 Å². The highest BCUT2D eigenvalue weighted by molar-refractivity contribution is 5.69. The van der Waals surface area contributed by atoms with Crippen LogP contribution >= 0.6 is 0 Å². The van der Waals surface area contributed by atoms with Crippen molar-refractivity contribution in [3.05, 3.63) is 35.4 Å². The van der Waals surface area contributed by atoms with Gasteiger partial charge in [-0.3, -0.25) is 4.79 Å². The fourth-order valence-corrected chi connectivity index (χ4v) is 1.37. The summed E-state index contributed by atoms with van der Waals surface area (Å²) in [5, 5.41) is 8.66. The first-order valence-corrected chi connectivity index (χ1v) is 5.19. The normalized spacial score (nSPS) is 13.4. The maximum Gasteiger partial charge on any atom is 0.416 e. The molecule has 17 heavy (non-hydrogen) atoms. The molecule has 1 atom stereocenters. The number of aliphatic carboxylic acids is 1. The molecule has 0 spiro atoms. The number of benzene rings is 1. The van der Waals surface area contributed by atoms with Crippen LogP contribution < -0.4 is 0 Å². The van der Waals surface area contributed by atoms with E-state index in [-0.39, 0.29) is 0 Å². The molecule has 5 heteroatoms. The predicted octanol–water partition coefficient (Wildman–Crippen LogP) is 3.36. The summed E-state index contributed by atoms with van der Waals surface area (Å²) in [5.41, 5.74) is 0.0265. The van der Waals surface area contributed by atoms with Crippen LogP contribution in [0, 0.1) is 5.92 Å². The number of carboxylic acids is 1. The minimum atomic E-state index is -4.33. The summed E-state index contributed by atoms with van der Waals surface area (Å²) in [6, 6.07) is 4.80. The van der Waals surface area contributed by atoms with Gasteiger partial charge in [0.25, 0.3) is 0 Å². The van der Waals surface area contributed by atoms with E-state index < -0.39 is 23.6 Å². The third-order valence-electron chi connectivity index (χ3n) is 2.57. The van der Waals surface area contributed by atoms with Crippen molar-refractivity contribution in [3.8, 4) is 0 Å². The van der Waals surface area contributed by atoms with Crippen LogP contribution in [-0.2, 0) is 17.4 Å². The van der Waals surface area contributed by atoms with Crippen LogP contribution in [-0.4, -0.2) is 11.1 Å². The van der Waals surface area contributed by atoms with Gasteiger partial charge in [0.2, 0.25) is 0 Å². The molecule has 0 saturated carbocycles. The standard InChI is InChI=1S/C12H13F3O2/c1-8(11(16)17)2-3-9-4-6-10(7-5-9)12(13,14)15/h4-8H,2-3H2,1H3,(H,16,17)/t8-/m1/s1. The molecule has 0 aliphatic rings. The first-order chi connectivity index (χ1) is 7.80. The molecule has 0 saturated heterocycles. The van der Waals surface area contributed by atoms with Gasteiger partial charge in [0.05, 0.1) is 11.5 Å². The summed E-state index contributed by atoms with van der Waals surface area (Å²) in [4.78, 5) is 10.6. The van der Waals surface area contributed by atoms with E-state index in [4.69, 9.17) is 5.11 Å². The van der Waals surface area contributed by atoms with Gasteiger partial charge in [0, 0.05) is 0 Å². The molecule has 1 N–H and O–H groups in total. The van der Waals surface area contributed by atoms with Gasteiger partial charge in [0.1, 0.15) is 0 Å². The summed E-state index contributed by atoms with van der Waals surface area (Å²) in [6.07, 6.45) is -3.45. The molecule has 0 heterocycles. The van der Waals surface area contributed by atoms with Crippen LogP contribution in [0.1, 0.15) is 24.5 Å². The number of hydrogen-bond acceptors (Lipinski definition) is 1. The Morgan fingerprint density at radius 1 is 1.29 bits per heavy atom. The Bertz CT molecular complexity index is 382. The second kappa shape index (κ2) is 5.21. The number of aryl methyl sites for hydroxylation is 1. The molecular weight excluding hydrogens is 233 g/mol. The number of rotatable bonds is 4. The zero-order chi connectivity index (χ0) is 13.1. The molecule has 1 rings (SSSR count). The van der Waals surface area contributed by atoms with E-state index in [0.717, 1.165) is 12.1 Å². The average molecular weight is 246 g/mol. The summed E-state index contributed by atoms with van der Waals surface area (Å²) >= 11 is 0. The number of alkyl halides is 3. The van der Waals surface area contributed by atoms with Gasteiger partial charge in [-0.15, -0.1) is 0 Å². The van der Waals surface area contributed by atoms with Crippen molar-refractivity contribution in [2.75, 3.05) is 0 Å². The lowest BCUT2D eigenvalue weighted by molar-refractivity contribution is -0.141. The Balaban J connectivity index is 2.60. The van der Waals surface area contributed by atoms with Gasteiger partial charge in [-0.1, -0.05) is 19.1 Å². The highest BCUT2D eigenvalue weighted by Crippen LogP contribution is 2.29. The molecule has 0 aromatic heterocycles. The van der Waals surface area contributed by atoms with Gasteiger partial charge < -0.3 is 5.11 Å². The second-order valence-electron chi connectivity index (χ2n) is 3.97. The predicted molar refractivity (Wildman–Crippen MR) is 56.6 cm³/mol. The van der Waals surface area contributed by atoms with Crippen LogP contribution in [0.25, 0.3) is 0 Å². The lowest BCUT2D eigenvalue weighted by Gasteiger charge is -2.08. The molecular formula is C12H13F3O2. The summed E-state index contributed by atoms with van der Waals surface area (Å²) in [7, 11) is 0. The van der Waals surface area contributed by atoms with Crippen molar-refractivity contribution < 1.29 is 23.1 Å². The van der Waals surface area contributed by atoms with Crippen molar-refractivity contribution in [2.45, 2.75) is 25.9 Å². The Kier molecular flexibility index (Phi) is 4.15. The zero-order valence-corrected chi connectivity index (χ0v) is 9.29. The van der Waals surface area contributed by atoms with Crippen LogP contribution in [0.3, 0.4) is 0 Å². The molecule has 0 fully saturated rings. The topological polar surface area (TPSA) is 37.3 Å². The average Bonchev–Trinajstić information content (AvgIpc) is 2.25. The minimum Gasteiger partial charge on any atom is -0.481 e. The molecule has 1 aromatic rings. The number of carbonyl (C=O) groups is 1. The third-order valence-corrected chi connectivity index (χ3v) is 2.57. The lowest BCUT2D eigenvalue weighted by atomic mass is 10.0. The molecule has 1 aromatic carbocycles. The van der Waals surface area contributed by atoms with E-state index in [9.17, 15) is 18.0 Å².